The first-order valence-electron chi connectivity index (χ1n) is 9.67. The van der Waals surface area contributed by atoms with Crippen LogP contribution in [0, 0.1) is 17.6 Å². The van der Waals surface area contributed by atoms with Crippen molar-refractivity contribution in [3.8, 4) is 0 Å². The predicted octanol–water partition coefficient (Wildman–Crippen LogP) is 2.28. The van der Waals surface area contributed by atoms with Crippen LogP contribution in [-0.4, -0.2) is 27.4 Å². The van der Waals surface area contributed by atoms with E-state index in [0.717, 1.165) is 42.9 Å². The Hall–Kier alpha value is -2.78. The van der Waals surface area contributed by atoms with Gasteiger partial charge in [-0.2, -0.15) is 5.10 Å². The Balaban J connectivity index is 1.67. The van der Waals surface area contributed by atoms with Gasteiger partial charge in [-0.3, -0.25) is 4.68 Å². The first-order chi connectivity index (χ1) is 13.8. The zero-order valence-electron chi connectivity index (χ0n) is 16.2. The maximum Gasteiger partial charge on any atom is 0.202 e. The summed E-state index contributed by atoms with van der Waals surface area (Å²) in [5.41, 5.74) is 14.0. The second kappa shape index (κ2) is 7.57. The number of anilines is 1. The summed E-state index contributed by atoms with van der Waals surface area (Å²) >= 11 is 0. The smallest absolute Gasteiger partial charge is 0.202 e. The fraction of sp³-hybridized carbons (Fsp3) is 0.400. The normalized spacial score (nSPS) is 27.1. The molecule has 0 radical (unpaired) electrons. The van der Waals surface area contributed by atoms with Crippen molar-refractivity contribution in [1.29, 1.82) is 0 Å². The molecule has 2 aromatic rings. The van der Waals surface area contributed by atoms with Gasteiger partial charge in [-0.15, -0.1) is 0 Å². The molecule has 9 heteroatoms. The molecular formula is C20H25F2N7. The minimum Gasteiger partial charge on any atom is -0.334 e. The summed E-state index contributed by atoms with van der Waals surface area (Å²) in [6.45, 7) is 0. The van der Waals surface area contributed by atoms with Gasteiger partial charge in [0.15, 0.2) is 0 Å². The van der Waals surface area contributed by atoms with E-state index >= 15 is 0 Å². The van der Waals surface area contributed by atoms with Gasteiger partial charge in [0.1, 0.15) is 17.3 Å². The summed E-state index contributed by atoms with van der Waals surface area (Å²) in [6, 6.07) is 3.41. The van der Waals surface area contributed by atoms with E-state index in [9.17, 15) is 8.78 Å². The van der Waals surface area contributed by atoms with Crippen LogP contribution < -0.4 is 22.1 Å². The number of nitrogens with two attached hydrogens (primary N) is 2. The third-order valence-electron chi connectivity index (χ3n) is 5.65. The summed E-state index contributed by atoms with van der Waals surface area (Å²) < 4.78 is 28.8. The molecule has 0 spiro atoms. The molecule has 0 saturated heterocycles. The molecule has 1 saturated carbocycles. The number of aliphatic imine (C=N–C) groups is 1. The fourth-order valence-corrected chi connectivity index (χ4v) is 4.13. The Morgan fingerprint density at radius 1 is 1.17 bits per heavy atom. The van der Waals surface area contributed by atoms with Crippen molar-refractivity contribution >= 4 is 17.2 Å². The zero-order chi connectivity index (χ0) is 20.6. The molecule has 1 aromatic carbocycles. The van der Waals surface area contributed by atoms with Crippen molar-refractivity contribution in [3.63, 3.8) is 0 Å². The van der Waals surface area contributed by atoms with E-state index in [2.05, 4.69) is 20.7 Å². The molecule has 1 unspecified atom stereocenters. The molecule has 2 aliphatic rings. The van der Waals surface area contributed by atoms with Crippen molar-refractivity contribution in [1.82, 2.24) is 15.1 Å². The molecule has 154 valence electrons. The largest absolute Gasteiger partial charge is 0.334 e. The number of halogens is 2. The van der Waals surface area contributed by atoms with E-state index in [1.807, 2.05) is 13.2 Å². The topological polar surface area (TPSA) is 106 Å². The van der Waals surface area contributed by atoms with Crippen molar-refractivity contribution in [2.75, 3.05) is 5.32 Å². The van der Waals surface area contributed by atoms with Crippen LogP contribution in [0.5, 0.6) is 0 Å². The van der Waals surface area contributed by atoms with Crippen molar-refractivity contribution in [3.05, 3.63) is 54.0 Å². The molecule has 2 heterocycles. The highest BCUT2D eigenvalue weighted by atomic mass is 19.1. The molecule has 1 aromatic heterocycles. The van der Waals surface area contributed by atoms with Gasteiger partial charge in [-0.1, -0.05) is 0 Å². The summed E-state index contributed by atoms with van der Waals surface area (Å²) in [4.78, 5) is 4.40. The van der Waals surface area contributed by atoms with Gasteiger partial charge in [0.2, 0.25) is 5.96 Å². The molecule has 0 bridgehead atoms. The molecule has 1 aliphatic heterocycles. The molecule has 7 nitrogen and oxygen atoms in total. The van der Waals surface area contributed by atoms with E-state index in [0.29, 0.717) is 5.96 Å². The van der Waals surface area contributed by atoms with Gasteiger partial charge in [-0.25, -0.2) is 13.8 Å². The van der Waals surface area contributed by atoms with Gasteiger partial charge < -0.3 is 22.1 Å². The molecule has 6 N–H and O–H groups in total. The number of benzene rings is 1. The molecule has 29 heavy (non-hydrogen) atoms. The number of hydrogen-bond acceptors (Lipinski definition) is 6. The van der Waals surface area contributed by atoms with Gasteiger partial charge in [-0.05, 0) is 43.7 Å². The van der Waals surface area contributed by atoms with Gasteiger partial charge in [0.05, 0.1) is 6.20 Å². The lowest BCUT2D eigenvalue weighted by Crippen LogP contribution is -2.64. The molecular weight excluding hydrogens is 376 g/mol. The predicted molar refractivity (Wildman–Crippen MR) is 109 cm³/mol. The van der Waals surface area contributed by atoms with Gasteiger partial charge in [0.25, 0.3) is 0 Å². The summed E-state index contributed by atoms with van der Waals surface area (Å²) in [5.74, 6) is -0.892. The Morgan fingerprint density at radius 3 is 2.48 bits per heavy atom. The van der Waals surface area contributed by atoms with Gasteiger partial charge >= 0.3 is 0 Å². The Morgan fingerprint density at radius 2 is 1.86 bits per heavy atom. The summed E-state index contributed by atoms with van der Waals surface area (Å²) in [7, 11) is 1.84. The van der Waals surface area contributed by atoms with E-state index in [-0.39, 0.29) is 17.6 Å². The van der Waals surface area contributed by atoms with Crippen LogP contribution in [0.1, 0.15) is 31.2 Å². The molecule has 1 fully saturated rings. The number of guanidine groups is 1. The quantitative estimate of drug-likeness (QED) is 0.631. The Labute approximate surface area is 167 Å². The lowest BCUT2D eigenvalue weighted by atomic mass is 9.74. The first-order valence-corrected chi connectivity index (χ1v) is 9.67. The highest BCUT2D eigenvalue weighted by molar-refractivity contribution is 5.98. The van der Waals surface area contributed by atoms with Crippen molar-refractivity contribution < 1.29 is 8.78 Å². The number of nitrogens with one attached hydrogen (secondary N) is 2. The number of aryl methyl sites for hydroxylation is 1. The van der Waals surface area contributed by atoms with Crippen LogP contribution >= 0.6 is 0 Å². The lowest BCUT2D eigenvalue weighted by molar-refractivity contribution is 0.226. The lowest BCUT2D eigenvalue weighted by Gasteiger charge is -2.44. The SMILES string of the molecule is Cn1cc(C2=CN=C(Nc3cc(F)cc(F)c3)NC2(N)C2CCC(N)CC2)cn1. The average Bonchev–Trinajstić information content (AvgIpc) is 3.07. The van der Waals surface area contributed by atoms with Crippen LogP contribution in [0.4, 0.5) is 14.5 Å². The second-order valence-corrected chi connectivity index (χ2v) is 7.81. The van der Waals surface area contributed by atoms with Crippen LogP contribution in [0.25, 0.3) is 5.57 Å². The third kappa shape index (κ3) is 4.01. The number of nitrogens with zero attached hydrogens (tertiary/aromatic N) is 3. The molecule has 1 atom stereocenters. The minimum absolute atomic E-state index is 0.116. The fourth-order valence-electron chi connectivity index (χ4n) is 4.13. The Kier molecular flexibility index (Phi) is 5.10. The van der Waals surface area contributed by atoms with Crippen LogP contribution in [0.2, 0.25) is 0 Å². The van der Waals surface area contributed by atoms with E-state index in [1.54, 1.807) is 17.1 Å². The van der Waals surface area contributed by atoms with E-state index in [1.165, 1.54) is 12.1 Å². The van der Waals surface area contributed by atoms with Crippen molar-refractivity contribution in [2.45, 2.75) is 37.4 Å². The van der Waals surface area contributed by atoms with Crippen LogP contribution in [-0.2, 0) is 7.05 Å². The highest BCUT2D eigenvalue weighted by Gasteiger charge is 2.43. The number of aromatic nitrogens is 2. The van der Waals surface area contributed by atoms with E-state index < -0.39 is 17.3 Å². The van der Waals surface area contributed by atoms with Crippen LogP contribution in [0.15, 0.2) is 41.8 Å². The number of rotatable bonds is 3. The van der Waals surface area contributed by atoms with Gasteiger partial charge in [0, 0.05) is 48.4 Å². The third-order valence-corrected chi connectivity index (χ3v) is 5.65. The maximum absolute atomic E-state index is 13.5. The Bertz CT molecular complexity index is 939. The second-order valence-electron chi connectivity index (χ2n) is 7.81. The average molecular weight is 401 g/mol. The maximum atomic E-state index is 13.5. The first kappa shape index (κ1) is 19.5. The monoisotopic (exact) mass is 401 g/mol. The van der Waals surface area contributed by atoms with Crippen molar-refractivity contribution in [2.24, 2.45) is 29.4 Å². The summed E-state index contributed by atoms with van der Waals surface area (Å²) in [5, 5.41) is 10.5. The summed E-state index contributed by atoms with van der Waals surface area (Å²) in [6.07, 6.45) is 8.84. The molecule has 4 rings (SSSR count). The number of hydrogen-bond donors (Lipinski definition) is 4. The van der Waals surface area contributed by atoms with Crippen LogP contribution in [0.3, 0.4) is 0 Å². The minimum atomic E-state index is -0.918. The highest BCUT2D eigenvalue weighted by Crippen LogP contribution is 2.39. The molecule has 0 amide bonds. The standard InChI is InChI=1S/C20H25F2N7/c1-29-11-12(9-26-29)18-10-25-19(27-17-7-14(21)6-15(22)8-17)28-20(18,24)13-2-4-16(23)5-3-13/h6-11,13,16H,2-5,23-24H2,1H3,(H2,25,27,28). The zero-order valence-corrected chi connectivity index (χ0v) is 16.2. The van der Waals surface area contributed by atoms with E-state index in [4.69, 9.17) is 11.5 Å². The molecule has 1 aliphatic carbocycles.